The first-order chi connectivity index (χ1) is 12.5. The van der Waals surface area contributed by atoms with E-state index in [4.69, 9.17) is 9.15 Å². The lowest BCUT2D eigenvalue weighted by molar-refractivity contribution is 0.298. The van der Waals surface area contributed by atoms with E-state index in [9.17, 15) is 4.79 Å². The Balaban J connectivity index is 2.00. The predicted molar refractivity (Wildman–Crippen MR) is 103 cm³/mol. The van der Waals surface area contributed by atoms with Crippen LogP contribution in [0.3, 0.4) is 0 Å². The summed E-state index contributed by atoms with van der Waals surface area (Å²) in [4.78, 5) is 14.3. The van der Waals surface area contributed by atoms with E-state index in [1.807, 2.05) is 12.1 Å². The summed E-state index contributed by atoms with van der Waals surface area (Å²) in [5.74, 6) is 1.67. The lowest BCUT2D eigenvalue weighted by atomic mass is 9.94. The maximum atomic E-state index is 10.6. The van der Waals surface area contributed by atoms with E-state index in [0.717, 1.165) is 16.7 Å². The Kier molecular flexibility index (Phi) is 5.24. The normalized spacial score (nSPS) is 11.2. The maximum absolute atomic E-state index is 10.6. The van der Waals surface area contributed by atoms with Crippen molar-refractivity contribution in [1.82, 2.24) is 0 Å². The zero-order chi connectivity index (χ0) is 18.7. The highest BCUT2D eigenvalue weighted by atomic mass is 16.5. The monoisotopic (exact) mass is 349 g/mol. The Hall–Kier alpha value is -2.84. The zero-order valence-corrected chi connectivity index (χ0v) is 15.6. The van der Waals surface area contributed by atoms with Crippen molar-refractivity contribution in [2.24, 2.45) is 4.99 Å². The molecular formula is C22H23NO3. The number of rotatable bonds is 6. The van der Waals surface area contributed by atoms with Crippen LogP contribution in [-0.2, 0) is 11.4 Å². The summed E-state index contributed by atoms with van der Waals surface area (Å²) in [5.41, 5.74) is 4.52. The smallest absolute Gasteiger partial charge is 0.240 e. The number of nitrogens with zero attached hydrogens (tertiary/aromatic N) is 1. The Labute approximate surface area is 153 Å². The summed E-state index contributed by atoms with van der Waals surface area (Å²) >= 11 is 0. The molecule has 2 aromatic carbocycles. The predicted octanol–water partition coefficient (Wildman–Crippen LogP) is 6.23. The third kappa shape index (κ3) is 3.56. The van der Waals surface area contributed by atoms with Gasteiger partial charge in [-0.05, 0) is 35.1 Å². The average Bonchev–Trinajstić information content (AvgIpc) is 3.08. The van der Waals surface area contributed by atoms with Gasteiger partial charge in [0.2, 0.25) is 6.08 Å². The molecule has 3 rings (SSSR count). The van der Waals surface area contributed by atoms with Crippen LogP contribution in [0.2, 0.25) is 0 Å². The van der Waals surface area contributed by atoms with Gasteiger partial charge in [-0.25, -0.2) is 4.79 Å². The van der Waals surface area contributed by atoms with Crippen molar-refractivity contribution in [3.05, 3.63) is 59.4 Å². The number of isocyanates is 1. The van der Waals surface area contributed by atoms with E-state index in [1.165, 1.54) is 11.1 Å². The van der Waals surface area contributed by atoms with Crippen LogP contribution in [0.1, 0.15) is 56.2 Å². The van der Waals surface area contributed by atoms with E-state index in [0.29, 0.717) is 29.7 Å². The Bertz CT molecular complexity index is 936. The molecule has 0 saturated heterocycles. The van der Waals surface area contributed by atoms with Gasteiger partial charge in [0.1, 0.15) is 17.9 Å². The SMILES string of the molecule is CC(C)c1cccc(C(C)C)c1OCc1cc(N=C=O)cc2occc12. The molecule has 0 saturated carbocycles. The summed E-state index contributed by atoms with van der Waals surface area (Å²) in [6, 6.07) is 11.8. The third-order valence-electron chi connectivity index (χ3n) is 4.51. The molecule has 1 heterocycles. The van der Waals surface area contributed by atoms with Gasteiger partial charge in [-0.1, -0.05) is 45.9 Å². The molecule has 0 unspecified atom stereocenters. The van der Waals surface area contributed by atoms with Crippen LogP contribution >= 0.6 is 0 Å². The molecule has 0 aliphatic rings. The highest BCUT2D eigenvalue weighted by Crippen LogP contribution is 2.36. The molecule has 134 valence electrons. The highest BCUT2D eigenvalue weighted by Gasteiger charge is 2.16. The molecule has 0 aliphatic carbocycles. The topological polar surface area (TPSA) is 51.8 Å². The lowest BCUT2D eigenvalue weighted by Crippen LogP contribution is -2.04. The van der Waals surface area contributed by atoms with Crippen molar-refractivity contribution in [3.8, 4) is 5.75 Å². The Morgan fingerprint density at radius 3 is 2.38 bits per heavy atom. The van der Waals surface area contributed by atoms with Crippen molar-refractivity contribution in [3.63, 3.8) is 0 Å². The number of hydrogen-bond donors (Lipinski definition) is 0. The van der Waals surface area contributed by atoms with Gasteiger partial charge in [0.25, 0.3) is 0 Å². The van der Waals surface area contributed by atoms with E-state index in [1.54, 1.807) is 18.4 Å². The van der Waals surface area contributed by atoms with E-state index < -0.39 is 0 Å². The van der Waals surface area contributed by atoms with Gasteiger partial charge in [0.05, 0.1) is 12.0 Å². The Morgan fingerprint density at radius 2 is 1.77 bits per heavy atom. The van der Waals surface area contributed by atoms with Gasteiger partial charge in [0, 0.05) is 17.0 Å². The first-order valence-electron chi connectivity index (χ1n) is 8.84. The molecule has 26 heavy (non-hydrogen) atoms. The number of para-hydroxylation sites is 1. The fourth-order valence-corrected chi connectivity index (χ4v) is 3.17. The van der Waals surface area contributed by atoms with Crippen molar-refractivity contribution < 1.29 is 13.9 Å². The second kappa shape index (κ2) is 7.59. The maximum Gasteiger partial charge on any atom is 0.240 e. The number of fused-ring (bicyclic) bond motifs is 1. The minimum absolute atomic E-state index is 0.364. The number of hydrogen-bond acceptors (Lipinski definition) is 4. The summed E-state index contributed by atoms with van der Waals surface area (Å²) in [6.07, 6.45) is 3.21. The van der Waals surface area contributed by atoms with Crippen LogP contribution in [0.5, 0.6) is 5.75 Å². The van der Waals surface area contributed by atoms with Crippen LogP contribution < -0.4 is 4.74 Å². The highest BCUT2D eigenvalue weighted by molar-refractivity contribution is 5.84. The molecule has 0 radical (unpaired) electrons. The van der Waals surface area contributed by atoms with Crippen LogP contribution in [0.25, 0.3) is 11.0 Å². The number of furan rings is 1. The standard InChI is InChI=1S/C22H23NO3/c1-14(2)18-6-5-7-19(15(3)4)22(18)26-12-16-10-17(23-13-24)11-21-20(16)8-9-25-21/h5-11,14-15H,12H2,1-4H3. The molecule has 0 spiro atoms. The molecule has 0 amide bonds. The van der Waals surface area contributed by atoms with Gasteiger partial charge < -0.3 is 9.15 Å². The van der Waals surface area contributed by atoms with Gasteiger partial charge in [-0.2, -0.15) is 4.99 Å². The molecule has 4 nitrogen and oxygen atoms in total. The summed E-state index contributed by atoms with van der Waals surface area (Å²) in [5, 5.41) is 0.961. The van der Waals surface area contributed by atoms with Gasteiger partial charge in [-0.3, -0.25) is 0 Å². The molecule has 0 fully saturated rings. The third-order valence-corrected chi connectivity index (χ3v) is 4.51. The van der Waals surface area contributed by atoms with Crippen molar-refractivity contribution in [2.45, 2.75) is 46.1 Å². The molecule has 0 N–H and O–H groups in total. The fourth-order valence-electron chi connectivity index (χ4n) is 3.17. The molecule has 4 heteroatoms. The van der Waals surface area contributed by atoms with Gasteiger partial charge >= 0.3 is 0 Å². The molecule has 0 aliphatic heterocycles. The fraction of sp³-hybridized carbons (Fsp3) is 0.318. The second-order valence-electron chi connectivity index (χ2n) is 7.00. The summed E-state index contributed by atoms with van der Waals surface area (Å²) in [7, 11) is 0. The van der Waals surface area contributed by atoms with Crippen molar-refractivity contribution >= 4 is 22.7 Å². The van der Waals surface area contributed by atoms with Crippen LogP contribution in [0.15, 0.2) is 52.1 Å². The van der Waals surface area contributed by atoms with Crippen LogP contribution in [-0.4, -0.2) is 6.08 Å². The zero-order valence-electron chi connectivity index (χ0n) is 15.6. The van der Waals surface area contributed by atoms with Gasteiger partial charge in [-0.15, -0.1) is 0 Å². The van der Waals surface area contributed by atoms with E-state index in [2.05, 4.69) is 50.9 Å². The molecule has 1 aromatic heterocycles. The largest absolute Gasteiger partial charge is 0.488 e. The average molecular weight is 349 g/mol. The van der Waals surface area contributed by atoms with E-state index >= 15 is 0 Å². The first-order valence-corrected chi connectivity index (χ1v) is 8.84. The number of carbonyl (C=O) groups excluding carboxylic acids is 1. The number of ether oxygens (including phenoxy) is 1. The van der Waals surface area contributed by atoms with Crippen LogP contribution in [0.4, 0.5) is 5.69 Å². The molecule has 0 bridgehead atoms. The molecule has 0 atom stereocenters. The minimum atomic E-state index is 0.364. The quantitative estimate of drug-likeness (QED) is 0.392. The van der Waals surface area contributed by atoms with Gasteiger partial charge in [0.15, 0.2) is 0 Å². The van der Waals surface area contributed by atoms with E-state index in [-0.39, 0.29) is 0 Å². The lowest BCUT2D eigenvalue weighted by Gasteiger charge is -2.20. The number of aliphatic imine (C=N–C) groups is 1. The summed E-state index contributed by atoms with van der Waals surface area (Å²) < 4.78 is 11.8. The Morgan fingerprint density at radius 1 is 1.08 bits per heavy atom. The summed E-state index contributed by atoms with van der Waals surface area (Å²) in [6.45, 7) is 9.04. The van der Waals surface area contributed by atoms with Crippen LogP contribution in [0, 0.1) is 0 Å². The van der Waals surface area contributed by atoms with Crippen molar-refractivity contribution in [1.29, 1.82) is 0 Å². The second-order valence-corrected chi connectivity index (χ2v) is 7.00. The van der Waals surface area contributed by atoms with Crippen molar-refractivity contribution in [2.75, 3.05) is 0 Å². The molecule has 3 aromatic rings. The number of benzene rings is 2. The minimum Gasteiger partial charge on any atom is -0.488 e. The first kappa shape index (κ1) is 18.0. The molecular weight excluding hydrogens is 326 g/mol.